The summed E-state index contributed by atoms with van der Waals surface area (Å²) in [6.07, 6.45) is 0.705. The topological polar surface area (TPSA) is 32.7 Å². The lowest BCUT2D eigenvalue weighted by Gasteiger charge is -2.38. The molecule has 4 heteroatoms. The molecule has 0 saturated carbocycles. The summed E-state index contributed by atoms with van der Waals surface area (Å²) < 4.78 is 5.91. The van der Waals surface area contributed by atoms with Crippen LogP contribution in [-0.4, -0.2) is 35.7 Å². The molecule has 3 atom stereocenters. The van der Waals surface area contributed by atoms with Crippen LogP contribution in [0.5, 0.6) is 0 Å². The van der Waals surface area contributed by atoms with E-state index >= 15 is 0 Å². The molecule has 4 rings (SSSR count). The molecular weight excluding hydrogens is 282 g/mol. The summed E-state index contributed by atoms with van der Waals surface area (Å²) in [5, 5.41) is 14.9. The normalized spacial score (nSPS) is 29.5. The van der Waals surface area contributed by atoms with Crippen LogP contribution in [0.25, 0.3) is 0 Å². The second kappa shape index (κ2) is 5.54. The highest BCUT2D eigenvalue weighted by molar-refractivity contribution is 7.07. The number of aliphatic hydroxyl groups is 1. The molecule has 2 aliphatic rings. The third-order valence-corrected chi connectivity index (χ3v) is 5.35. The van der Waals surface area contributed by atoms with Crippen molar-refractivity contribution in [2.45, 2.75) is 24.7 Å². The maximum Gasteiger partial charge on any atom is 0.0960 e. The van der Waals surface area contributed by atoms with Gasteiger partial charge in [-0.25, -0.2) is 0 Å². The van der Waals surface area contributed by atoms with E-state index in [1.165, 1.54) is 11.1 Å². The van der Waals surface area contributed by atoms with Crippen LogP contribution in [0, 0.1) is 0 Å². The SMILES string of the molecule is OC1c2ccccc2CC1N1CCOC(c2ccsc2)C1. The van der Waals surface area contributed by atoms with Gasteiger partial charge in [0.05, 0.1) is 18.8 Å². The van der Waals surface area contributed by atoms with Crippen LogP contribution >= 0.6 is 11.3 Å². The molecule has 3 nitrogen and oxygen atoms in total. The van der Waals surface area contributed by atoms with E-state index in [0.717, 1.165) is 31.7 Å². The molecule has 1 aromatic heterocycles. The quantitative estimate of drug-likeness (QED) is 0.926. The van der Waals surface area contributed by atoms with Gasteiger partial charge >= 0.3 is 0 Å². The van der Waals surface area contributed by atoms with Crippen LogP contribution in [0.2, 0.25) is 0 Å². The Labute approximate surface area is 128 Å². The van der Waals surface area contributed by atoms with Gasteiger partial charge in [-0.15, -0.1) is 0 Å². The fraction of sp³-hybridized carbons (Fsp3) is 0.412. The van der Waals surface area contributed by atoms with E-state index in [0.29, 0.717) is 0 Å². The molecule has 2 aromatic rings. The Balaban J connectivity index is 1.52. The summed E-state index contributed by atoms with van der Waals surface area (Å²) >= 11 is 1.71. The van der Waals surface area contributed by atoms with Gasteiger partial charge in [0.15, 0.2) is 0 Å². The molecule has 1 fully saturated rings. The fourth-order valence-corrected chi connectivity index (χ4v) is 4.21. The highest BCUT2D eigenvalue weighted by Crippen LogP contribution is 2.36. The second-order valence-corrected chi connectivity index (χ2v) is 6.61. The van der Waals surface area contributed by atoms with Crippen LogP contribution in [0.1, 0.15) is 28.9 Å². The highest BCUT2D eigenvalue weighted by Gasteiger charge is 2.37. The number of ether oxygens (including phenoxy) is 1. The number of hydrogen-bond donors (Lipinski definition) is 1. The summed E-state index contributed by atoms with van der Waals surface area (Å²) in [6, 6.07) is 10.6. The Morgan fingerprint density at radius 1 is 1.24 bits per heavy atom. The molecule has 110 valence electrons. The Hall–Kier alpha value is -1.20. The Bertz CT molecular complexity index is 613. The van der Waals surface area contributed by atoms with Crippen molar-refractivity contribution in [3.05, 3.63) is 57.8 Å². The standard InChI is InChI=1S/C17H19NO2S/c19-17-14-4-2-1-3-12(14)9-15(17)18-6-7-20-16(10-18)13-5-8-21-11-13/h1-5,8,11,15-17,19H,6-7,9-10H2. The molecule has 1 aliphatic heterocycles. The lowest BCUT2D eigenvalue weighted by atomic mass is 10.1. The molecule has 1 aliphatic carbocycles. The third-order valence-electron chi connectivity index (χ3n) is 4.65. The van der Waals surface area contributed by atoms with Crippen LogP contribution in [-0.2, 0) is 11.2 Å². The van der Waals surface area contributed by atoms with Crippen molar-refractivity contribution in [2.24, 2.45) is 0 Å². The smallest absolute Gasteiger partial charge is 0.0960 e. The lowest BCUT2D eigenvalue weighted by Crippen LogP contribution is -2.46. The minimum Gasteiger partial charge on any atom is -0.387 e. The first-order chi connectivity index (χ1) is 10.3. The number of hydrogen-bond acceptors (Lipinski definition) is 4. The Morgan fingerprint density at radius 2 is 2.14 bits per heavy atom. The van der Waals surface area contributed by atoms with Crippen LogP contribution in [0.4, 0.5) is 0 Å². The number of aliphatic hydroxyl groups excluding tert-OH is 1. The molecule has 1 N–H and O–H groups in total. The van der Waals surface area contributed by atoms with Crippen LogP contribution in [0.3, 0.4) is 0 Å². The molecule has 3 unspecified atom stereocenters. The summed E-state index contributed by atoms with van der Waals surface area (Å²) in [7, 11) is 0. The molecular formula is C17H19NO2S. The molecule has 1 aromatic carbocycles. The van der Waals surface area contributed by atoms with Crippen molar-refractivity contribution < 1.29 is 9.84 Å². The number of nitrogens with zero attached hydrogens (tertiary/aromatic N) is 1. The van der Waals surface area contributed by atoms with Gasteiger partial charge in [0.2, 0.25) is 0 Å². The van der Waals surface area contributed by atoms with Crippen molar-refractivity contribution in [1.82, 2.24) is 4.90 Å². The van der Waals surface area contributed by atoms with E-state index in [1.807, 2.05) is 6.07 Å². The Morgan fingerprint density at radius 3 is 2.95 bits per heavy atom. The van der Waals surface area contributed by atoms with Crippen LogP contribution < -0.4 is 0 Å². The average Bonchev–Trinajstić information content (AvgIpc) is 3.16. The number of thiophene rings is 1. The van der Waals surface area contributed by atoms with Gasteiger partial charge in [0, 0.05) is 19.1 Å². The zero-order valence-electron chi connectivity index (χ0n) is 11.8. The summed E-state index contributed by atoms with van der Waals surface area (Å²) in [6.45, 7) is 2.50. The molecule has 0 spiro atoms. The van der Waals surface area contributed by atoms with Gasteiger partial charge in [0.1, 0.15) is 0 Å². The van der Waals surface area contributed by atoms with Gasteiger partial charge in [-0.3, -0.25) is 4.90 Å². The van der Waals surface area contributed by atoms with Crippen LogP contribution in [0.15, 0.2) is 41.1 Å². The third kappa shape index (κ3) is 2.42. The van der Waals surface area contributed by atoms with E-state index in [2.05, 4.69) is 39.9 Å². The summed E-state index contributed by atoms with van der Waals surface area (Å²) in [5.74, 6) is 0. The number of fused-ring (bicyclic) bond motifs is 1. The maximum atomic E-state index is 10.6. The minimum absolute atomic E-state index is 0.140. The zero-order valence-corrected chi connectivity index (χ0v) is 12.6. The largest absolute Gasteiger partial charge is 0.387 e. The molecule has 2 heterocycles. The number of benzene rings is 1. The molecule has 21 heavy (non-hydrogen) atoms. The van der Waals surface area contributed by atoms with E-state index in [1.54, 1.807) is 11.3 Å². The first-order valence-corrected chi connectivity index (χ1v) is 8.41. The predicted octanol–water partition coefficient (Wildman–Crippen LogP) is 2.78. The van der Waals surface area contributed by atoms with Crippen molar-refractivity contribution >= 4 is 11.3 Å². The number of rotatable bonds is 2. The summed E-state index contributed by atoms with van der Waals surface area (Å²) in [4.78, 5) is 2.40. The van der Waals surface area contributed by atoms with E-state index in [4.69, 9.17) is 4.74 Å². The first-order valence-electron chi connectivity index (χ1n) is 7.46. The van der Waals surface area contributed by atoms with Crippen molar-refractivity contribution in [3.63, 3.8) is 0 Å². The maximum absolute atomic E-state index is 10.6. The Kier molecular flexibility index (Phi) is 3.55. The van der Waals surface area contributed by atoms with Crippen molar-refractivity contribution in [3.8, 4) is 0 Å². The fourth-order valence-electron chi connectivity index (χ4n) is 3.51. The minimum atomic E-state index is -0.373. The average molecular weight is 301 g/mol. The predicted molar refractivity (Wildman–Crippen MR) is 83.5 cm³/mol. The summed E-state index contributed by atoms with van der Waals surface area (Å²) in [5.41, 5.74) is 3.64. The van der Waals surface area contributed by atoms with Gasteiger partial charge < -0.3 is 9.84 Å². The lowest BCUT2D eigenvalue weighted by molar-refractivity contribution is -0.0631. The van der Waals surface area contributed by atoms with E-state index in [9.17, 15) is 5.11 Å². The first kappa shape index (κ1) is 13.5. The van der Waals surface area contributed by atoms with Gasteiger partial charge in [0.25, 0.3) is 0 Å². The van der Waals surface area contributed by atoms with Gasteiger partial charge in [-0.2, -0.15) is 11.3 Å². The molecule has 0 radical (unpaired) electrons. The monoisotopic (exact) mass is 301 g/mol. The van der Waals surface area contributed by atoms with Crippen molar-refractivity contribution in [2.75, 3.05) is 19.7 Å². The molecule has 0 amide bonds. The molecule has 1 saturated heterocycles. The number of morpholine rings is 1. The van der Waals surface area contributed by atoms with Gasteiger partial charge in [-0.1, -0.05) is 24.3 Å². The van der Waals surface area contributed by atoms with E-state index in [-0.39, 0.29) is 18.2 Å². The van der Waals surface area contributed by atoms with Gasteiger partial charge in [-0.05, 0) is 39.9 Å². The molecule has 0 bridgehead atoms. The zero-order chi connectivity index (χ0) is 14.2. The van der Waals surface area contributed by atoms with Crippen molar-refractivity contribution in [1.29, 1.82) is 0 Å². The highest BCUT2D eigenvalue weighted by atomic mass is 32.1. The second-order valence-electron chi connectivity index (χ2n) is 5.83. The van der Waals surface area contributed by atoms with E-state index < -0.39 is 0 Å².